The van der Waals surface area contributed by atoms with Crippen LogP contribution >= 0.6 is 0 Å². The number of piperazine rings is 1. The molecule has 3 rings (SSSR count). The fourth-order valence-electron chi connectivity index (χ4n) is 3.44. The van der Waals surface area contributed by atoms with Crippen LogP contribution in [0.4, 0.5) is 9.18 Å². The molecular formula is C22H26FN3O5S. The molecule has 0 spiro atoms. The van der Waals surface area contributed by atoms with Crippen molar-refractivity contribution in [2.45, 2.75) is 24.3 Å². The molecule has 0 bridgehead atoms. The van der Waals surface area contributed by atoms with E-state index in [9.17, 15) is 22.4 Å². The molecule has 1 fully saturated rings. The lowest BCUT2D eigenvalue weighted by molar-refractivity contribution is -0.134. The third-order valence-electron chi connectivity index (χ3n) is 5.12. The van der Waals surface area contributed by atoms with E-state index >= 15 is 0 Å². The Morgan fingerprint density at radius 2 is 1.59 bits per heavy atom. The van der Waals surface area contributed by atoms with E-state index < -0.39 is 28.0 Å². The standard InChI is InChI=1S/C22H26FN3O5S/c1-2-31-22(28)26-14-12-25(13-15-26)21(27)20(16-17-6-4-3-5-7-17)24-32(29,30)19-10-8-18(23)9-11-19/h3-11,20,24H,2,12-16H2,1H3. The van der Waals surface area contributed by atoms with Crippen molar-refractivity contribution < 1.29 is 27.1 Å². The van der Waals surface area contributed by atoms with Crippen molar-refractivity contribution in [3.63, 3.8) is 0 Å². The Bertz CT molecular complexity index is 1020. The first-order chi connectivity index (χ1) is 15.3. The smallest absolute Gasteiger partial charge is 0.409 e. The highest BCUT2D eigenvalue weighted by Gasteiger charge is 2.32. The summed E-state index contributed by atoms with van der Waals surface area (Å²) in [6.07, 6.45) is -0.282. The number of carbonyl (C=O) groups excluding carboxylic acids is 2. The molecule has 0 saturated carbocycles. The normalized spacial score (nSPS) is 15.3. The predicted octanol–water partition coefficient (Wildman–Crippen LogP) is 2.02. The number of sulfonamides is 1. The van der Waals surface area contributed by atoms with Crippen molar-refractivity contribution >= 4 is 22.0 Å². The van der Waals surface area contributed by atoms with Crippen LogP contribution in [0.25, 0.3) is 0 Å². The zero-order chi connectivity index (χ0) is 23.1. The van der Waals surface area contributed by atoms with E-state index in [0.717, 1.165) is 29.8 Å². The lowest BCUT2D eigenvalue weighted by Gasteiger charge is -2.36. The van der Waals surface area contributed by atoms with Gasteiger partial charge in [-0.15, -0.1) is 0 Å². The number of hydrogen-bond acceptors (Lipinski definition) is 5. The largest absolute Gasteiger partial charge is 0.450 e. The summed E-state index contributed by atoms with van der Waals surface area (Å²) in [6.45, 7) is 3.12. The molecule has 0 aliphatic carbocycles. The summed E-state index contributed by atoms with van der Waals surface area (Å²) in [4.78, 5) is 28.1. The van der Waals surface area contributed by atoms with Gasteiger partial charge in [-0.25, -0.2) is 17.6 Å². The van der Waals surface area contributed by atoms with Crippen LogP contribution in [0.5, 0.6) is 0 Å². The fraction of sp³-hybridized carbons (Fsp3) is 0.364. The SMILES string of the molecule is CCOC(=O)N1CCN(C(=O)C(Cc2ccccc2)NS(=O)(=O)c2ccc(F)cc2)CC1. The number of benzene rings is 2. The summed E-state index contributed by atoms with van der Waals surface area (Å²) < 4.78 is 46.4. The van der Waals surface area contributed by atoms with E-state index in [1.54, 1.807) is 6.92 Å². The van der Waals surface area contributed by atoms with Gasteiger partial charge in [-0.2, -0.15) is 4.72 Å². The van der Waals surface area contributed by atoms with E-state index in [1.807, 2.05) is 30.3 Å². The Morgan fingerprint density at radius 3 is 2.19 bits per heavy atom. The topological polar surface area (TPSA) is 96.0 Å². The lowest BCUT2D eigenvalue weighted by Crippen LogP contribution is -2.56. The van der Waals surface area contributed by atoms with E-state index in [1.165, 1.54) is 9.80 Å². The van der Waals surface area contributed by atoms with Crippen molar-refractivity contribution in [1.29, 1.82) is 0 Å². The van der Waals surface area contributed by atoms with Gasteiger partial charge in [0.2, 0.25) is 15.9 Å². The zero-order valence-electron chi connectivity index (χ0n) is 17.7. The summed E-state index contributed by atoms with van der Waals surface area (Å²) in [6, 6.07) is 12.4. The van der Waals surface area contributed by atoms with E-state index in [2.05, 4.69) is 4.72 Å². The number of rotatable bonds is 7. The first kappa shape index (κ1) is 23.7. The average Bonchev–Trinajstić information content (AvgIpc) is 2.79. The van der Waals surface area contributed by atoms with E-state index in [4.69, 9.17) is 4.74 Å². The van der Waals surface area contributed by atoms with Crippen molar-refractivity contribution in [3.05, 3.63) is 66.0 Å². The third-order valence-corrected chi connectivity index (χ3v) is 6.61. The molecule has 32 heavy (non-hydrogen) atoms. The monoisotopic (exact) mass is 463 g/mol. The van der Waals surface area contributed by atoms with Gasteiger partial charge in [0.15, 0.2) is 0 Å². The zero-order valence-corrected chi connectivity index (χ0v) is 18.6. The van der Waals surface area contributed by atoms with Crippen LogP contribution in [-0.2, 0) is 26.0 Å². The van der Waals surface area contributed by atoms with Crippen LogP contribution in [-0.4, -0.2) is 69.0 Å². The molecule has 1 unspecified atom stereocenters. The third kappa shape index (κ3) is 6.04. The van der Waals surface area contributed by atoms with Crippen molar-refractivity contribution in [2.75, 3.05) is 32.8 Å². The first-order valence-electron chi connectivity index (χ1n) is 10.3. The Hall–Kier alpha value is -2.98. The van der Waals surface area contributed by atoms with Gasteiger partial charge in [0.05, 0.1) is 11.5 Å². The number of amides is 2. The molecule has 1 N–H and O–H groups in total. The Balaban J connectivity index is 1.76. The number of hydrogen-bond donors (Lipinski definition) is 1. The number of nitrogens with one attached hydrogen (secondary N) is 1. The van der Waals surface area contributed by atoms with Gasteiger partial charge in [-0.3, -0.25) is 4.79 Å². The Morgan fingerprint density at radius 1 is 1.00 bits per heavy atom. The molecule has 1 aliphatic rings. The first-order valence-corrected chi connectivity index (χ1v) is 11.8. The van der Waals surface area contributed by atoms with Gasteiger partial charge < -0.3 is 14.5 Å². The average molecular weight is 464 g/mol. The van der Waals surface area contributed by atoms with Crippen LogP contribution in [0.1, 0.15) is 12.5 Å². The van der Waals surface area contributed by atoms with E-state index in [0.29, 0.717) is 13.1 Å². The second-order valence-corrected chi connectivity index (χ2v) is 9.04. The highest BCUT2D eigenvalue weighted by atomic mass is 32.2. The van der Waals surface area contributed by atoms with Gasteiger partial charge in [-0.05, 0) is 43.2 Å². The number of halogens is 1. The number of carbonyl (C=O) groups is 2. The molecular weight excluding hydrogens is 437 g/mol. The van der Waals surface area contributed by atoms with Crippen molar-refractivity contribution in [2.24, 2.45) is 0 Å². The van der Waals surface area contributed by atoms with Crippen molar-refractivity contribution in [1.82, 2.24) is 14.5 Å². The Kier molecular flexibility index (Phi) is 7.81. The maximum atomic E-state index is 13.3. The summed E-state index contributed by atoms with van der Waals surface area (Å²) in [5.41, 5.74) is 0.790. The lowest BCUT2D eigenvalue weighted by atomic mass is 10.1. The summed E-state index contributed by atoms with van der Waals surface area (Å²) in [5.74, 6) is -0.941. The summed E-state index contributed by atoms with van der Waals surface area (Å²) in [7, 11) is -4.06. The van der Waals surface area contributed by atoms with Crippen LogP contribution in [0.3, 0.4) is 0 Å². The maximum absolute atomic E-state index is 13.3. The van der Waals surface area contributed by atoms with Gasteiger partial charge in [0, 0.05) is 26.2 Å². The predicted molar refractivity (Wildman–Crippen MR) is 116 cm³/mol. The van der Waals surface area contributed by atoms with Crippen molar-refractivity contribution in [3.8, 4) is 0 Å². The second kappa shape index (κ2) is 10.6. The number of ether oxygens (including phenoxy) is 1. The van der Waals surface area contributed by atoms with Gasteiger partial charge >= 0.3 is 6.09 Å². The molecule has 8 nitrogen and oxygen atoms in total. The number of nitrogens with zero attached hydrogens (tertiary/aromatic N) is 2. The summed E-state index contributed by atoms with van der Waals surface area (Å²) in [5, 5.41) is 0. The van der Waals surface area contributed by atoms with E-state index in [-0.39, 0.29) is 36.9 Å². The molecule has 0 aromatic heterocycles. The van der Waals surface area contributed by atoms with Gasteiger partial charge in [-0.1, -0.05) is 30.3 Å². The molecule has 1 aliphatic heterocycles. The quantitative estimate of drug-likeness (QED) is 0.678. The van der Waals surface area contributed by atoms with Gasteiger partial charge in [0.1, 0.15) is 11.9 Å². The van der Waals surface area contributed by atoms with Crippen LogP contribution in [0.15, 0.2) is 59.5 Å². The van der Waals surface area contributed by atoms with Gasteiger partial charge in [0.25, 0.3) is 0 Å². The maximum Gasteiger partial charge on any atom is 0.409 e. The molecule has 172 valence electrons. The fourth-order valence-corrected chi connectivity index (χ4v) is 4.63. The molecule has 1 saturated heterocycles. The second-order valence-electron chi connectivity index (χ2n) is 7.33. The highest BCUT2D eigenvalue weighted by Crippen LogP contribution is 2.15. The Labute approximate surface area is 187 Å². The molecule has 2 aromatic rings. The molecule has 2 amide bonds. The van der Waals surface area contributed by atoms with Crippen LogP contribution in [0.2, 0.25) is 0 Å². The molecule has 0 radical (unpaired) electrons. The molecule has 10 heteroatoms. The minimum atomic E-state index is -4.06. The minimum Gasteiger partial charge on any atom is -0.450 e. The minimum absolute atomic E-state index is 0.128. The van der Waals surface area contributed by atoms with Crippen LogP contribution in [0, 0.1) is 5.82 Å². The molecule has 1 atom stereocenters. The van der Waals surface area contributed by atoms with Crippen LogP contribution < -0.4 is 4.72 Å². The highest BCUT2D eigenvalue weighted by molar-refractivity contribution is 7.89. The summed E-state index contributed by atoms with van der Waals surface area (Å²) >= 11 is 0. The molecule has 2 aromatic carbocycles. The molecule has 1 heterocycles.